The summed E-state index contributed by atoms with van der Waals surface area (Å²) in [4.78, 5) is 40.3. The Hall–Kier alpha value is -3.93. The molecule has 0 radical (unpaired) electrons. The van der Waals surface area contributed by atoms with Gasteiger partial charge in [0.1, 0.15) is 0 Å². The average Bonchev–Trinajstić information content (AvgIpc) is 3.22. The van der Waals surface area contributed by atoms with E-state index in [4.69, 9.17) is 0 Å². The highest BCUT2D eigenvalue weighted by molar-refractivity contribution is 6.07. The Bertz CT molecular complexity index is 1230. The smallest absolute Gasteiger partial charge is 0.253 e. The second-order valence-corrected chi connectivity index (χ2v) is 8.83. The quantitative estimate of drug-likeness (QED) is 0.573. The lowest BCUT2D eigenvalue weighted by atomic mass is 10.1. The van der Waals surface area contributed by atoms with Crippen molar-refractivity contribution in [3.8, 4) is 0 Å². The highest BCUT2D eigenvalue weighted by atomic mass is 16.2. The number of carbonyl (C=O) groups excluding carboxylic acids is 3. The molecule has 1 heterocycles. The van der Waals surface area contributed by atoms with Crippen molar-refractivity contribution < 1.29 is 14.4 Å². The largest absolute Gasteiger partial charge is 0.348 e. The summed E-state index contributed by atoms with van der Waals surface area (Å²) in [6, 6.07) is 20.7. The lowest BCUT2D eigenvalue weighted by Gasteiger charge is -2.20. The topological polar surface area (TPSA) is 78.5 Å². The molecule has 0 bridgehead atoms. The van der Waals surface area contributed by atoms with Crippen LogP contribution in [-0.2, 0) is 16.1 Å². The number of carbonyl (C=O) groups is 3. The van der Waals surface area contributed by atoms with E-state index in [1.807, 2.05) is 63.2 Å². The Kier molecular flexibility index (Phi) is 6.77. The number of hydrogen-bond acceptors (Lipinski definition) is 3. The number of hydrogen-bond donors (Lipinski definition) is 2. The predicted molar refractivity (Wildman–Crippen MR) is 134 cm³/mol. The highest BCUT2D eigenvalue weighted by Gasteiger charge is 2.36. The van der Waals surface area contributed by atoms with E-state index in [2.05, 4.69) is 10.6 Å². The molecule has 3 amide bonds. The minimum absolute atomic E-state index is 0.0713. The molecule has 3 aromatic rings. The molecule has 2 N–H and O–H groups in total. The summed E-state index contributed by atoms with van der Waals surface area (Å²) in [5, 5.41) is 5.79. The minimum Gasteiger partial charge on any atom is -0.348 e. The van der Waals surface area contributed by atoms with Crippen molar-refractivity contribution in [3.05, 3.63) is 94.5 Å². The maximum atomic E-state index is 13.1. The first-order chi connectivity index (χ1) is 16.3. The number of rotatable bonds is 6. The number of nitrogens with one attached hydrogen (secondary N) is 2. The summed E-state index contributed by atoms with van der Waals surface area (Å²) in [7, 11) is 0. The van der Waals surface area contributed by atoms with Gasteiger partial charge in [0.05, 0.1) is 17.2 Å². The SMILES string of the molecule is Cc1ccc(CNC(=O)c2ccccc2NC(=O)[C@@H]2CC(=O)N(c3cccc(C)c3C)C2)cc1. The minimum atomic E-state index is -0.490. The van der Waals surface area contributed by atoms with Gasteiger partial charge in [-0.3, -0.25) is 14.4 Å². The fourth-order valence-electron chi connectivity index (χ4n) is 4.15. The molecule has 4 rings (SSSR count). The predicted octanol–water partition coefficient (Wildman–Crippen LogP) is 4.53. The van der Waals surface area contributed by atoms with Crippen molar-refractivity contribution in [3.63, 3.8) is 0 Å². The number of amides is 3. The molecule has 3 aromatic carbocycles. The van der Waals surface area contributed by atoms with Crippen LogP contribution in [0.4, 0.5) is 11.4 Å². The van der Waals surface area contributed by atoms with Gasteiger partial charge >= 0.3 is 0 Å². The molecule has 1 atom stereocenters. The number of para-hydroxylation sites is 1. The molecule has 1 aliphatic rings. The zero-order valence-corrected chi connectivity index (χ0v) is 19.7. The van der Waals surface area contributed by atoms with E-state index < -0.39 is 5.92 Å². The summed E-state index contributed by atoms with van der Waals surface area (Å²) < 4.78 is 0. The first-order valence-corrected chi connectivity index (χ1v) is 11.4. The van der Waals surface area contributed by atoms with Crippen LogP contribution in [0, 0.1) is 26.7 Å². The lowest BCUT2D eigenvalue weighted by molar-refractivity contribution is -0.122. The molecule has 0 saturated carbocycles. The number of nitrogens with zero attached hydrogens (tertiary/aromatic N) is 1. The van der Waals surface area contributed by atoms with Crippen LogP contribution < -0.4 is 15.5 Å². The fraction of sp³-hybridized carbons (Fsp3) is 0.250. The van der Waals surface area contributed by atoms with Crippen LogP contribution in [0.5, 0.6) is 0 Å². The van der Waals surface area contributed by atoms with Gasteiger partial charge in [-0.1, -0.05) is 54.1 Å². The van der Waals surface area contributed by atoms with Gasteiger partial charge in [-0.15, -0.1) is 0 Å². The second-order valence-electron chi connectivity index (χ2n) is 8.83. The molecule has 0 aromatic heterocycles. The molecule has 0 spiro atoms. The Morgan fingerprint density at radius 3 is 2.44 bits per heavy atom. The molecule has 0 aliphatic carbocycles. The summed E-state index contributed by atoms with van der Waals surface area (Å²) in [5.74, 6) is -1.09. The van der Waals surface area contributed by atoms with Gasteiger partial charge in [0.2, 0.25) is 11.8 Å². The van der Waals surface area contributed by atoms with E-state index in [0.717, 1.165) is 27.9 Å². The van der Waals surface area contributed by atoms with Crippen molar-refractivity contribution >= 4 is 29.1 Å². The zero-order valence-electron chi connectivity index (χ0n) is 19.7. The second kappa shape index (κ2) is 9.91. The Morgan fingerprint density at radius 1 is 0.941 bits per heavy atom. The summed E-state index contributed by atoms with van der Waals surface area (Å²) in [5.41, 5.74) is 5.96. The van der Waals surface area contributed by atoms with E-state index >= 15 is 0 Å². The highest BCUT2D eigenvalue weighted by Crippen LogP contribution is 2.30. The van der Waals surface area contributed by atoms with Crippen LogP contribution in [0.3, 0.4) is 0 Å². The van der Waals surface area contributed by atoms with Gasteiger partial charge in [-0.05, 0) is 55.7 Å². The van der Waals surface area contributed by atoms with Crippen LogP contribution in [0.2, 0.25) is 0 Å². The van der Waals surface area contributed by atoms with Gasteiger partial charge in [0.25, 0.3) is 5.91 Å². The van der Waals surface area contributed by atoms with Crippen LogP contribution in [0.15, 0.2) is 66.7 Å². The first kappa shape index (κ1) is 23.2. The Balaban J connectivity index is 1.43. The van der Waals surface area contributed by atoms with Gasteiger partial charge < -0.3 is 15.5 Å². The third kappa shape index (κ3) is 5.01. The molecule has 1 aliphatic heterocycles. The normalized spacial score (nSPS) is 15.3. The first-order valence-electron chi connectivity index (χ1n) is 11.4. The van der Waals surface area contributed by atoms with Crippen LogP contribution >= 0.6 is 0 Å². The molecular weight excluding hydrogens is 426 g/mol. The van der Waals surface area contributed by atoms with Crippen molar-refractivity contribution in [2.75, 3.05) is 16.8 Å². The van der Waals surface area contributed by atoms with E-state index in [-0.39, 0.29) is 24.1 Å². The van der Waals surface area contributed by atoms with Crippen LogP contribution in [-0.4, -0.2) is 24.3 Å². The summed E-state index contributed by atoms with van der Waals surface area (Å²) in [6.45, 7) is 6.71. The molecule has 34 heavy (non-hydrogen) atoms. The maximum Gasteiger partial charge on any atom is 0.253 e. The monoisotopic (exact) mass is 455 g/mol. The molecular formula is C28H29N3O3. The lowest BCUT2D eigenvalue weighted by Crippen LogP contribution is -2.30. The fourth-order valence-corrected chi connectivity index (χ4v) is 4.15. The van der Waals surface area contributed by atoms with E-state index in [9.17, 15) is 14.4 Å². The Morgan fingerprint density at radius 2 is 1.68 bits per heavy atom. The molecule has 6 heteroatoms. The standard InChI is InChI=1S/C28H29N3O3/c1-18-11-13-21(14-12-18)16-29-28(34)23-8-4-5-9-24(23)30-27(33)22-15-26(32)31(17-22)25-10-6-7-19(2)20(25)3/h4-14,22H,15-17H2,1-3H3,(H,29,34)(H,30,33)/t22-/m1/s1. The third-order valence-corrected chi connectivity index (χ3v) is 6.37. The van der Waals surface area contributed by atoms with Crippen molar-refractivity contribution in [1.82, 2.24) is 5.32 Å². The van der Waals surface area contributed by atoms with Crippen molar-refractivity contribution in [1.29, 1.82) is 0 Å². The third-order valence-electron chi connectivity index (χ3n) is 6.37. The maximum absolute atomic E-state index is 13.1. The van der Waals surface area contributed by atoms with E-state index in [1.54, 1.807) is 29.2 Å². The molecule has 0 unspecified atom stereocenters. The van der Waals surface area contributed by atoms with Crippen molar-refractivity contribution in [2.24, 2.45) is 5.92 Å². The number of benzene rings is 3. The molecule has 1 fully saturated rings. The van der Waals surface area contributed by atoms with Gasteiger partial charge in [-0.2, -0.15) is 0 Å². The van der Waals surface area contributed by atoms with Gasteiger partial charge in [0.15, 0.2) is 0 Å². The van der Waals surface area contributed by atoms with Gasteiger partial charge in [-0.25, -0.2) is 0 Å². The number of aryl methyl sites for hydroxylation is 2. The molecule has 174 valence electrons. The molecule has 1 saturated heterocycles. The van der Waals surface area contributed by atoms with E-state index in [0.29, 0.717) is 24.3 Å². The molecule has 6 nitrogen and oxygen atoms in total. The van der Waals surface area contributed by atoms with Crippen molar-refractivity contribution in [2.45, 2.75) is 33.7 Å². The summed E-state index contributed by atoms with van der Waals surface area (Å²) in [6.07, 6.45) is 0.140. The number of anilines is 2. The summed E-state index contributed by atoms with van der Waals surface area (Å²) >= 11 is 0. The Labute approximate surface area is 200 Å². The van der Waals surface area contributed by atoms with E-state index in [1.165, 1.54) is 0 Å². The average molecular weight is 456 g/mol. The van der Waals surface area contributed by atoms with Gasteiger partial charge in [0, 0.05) is 25.2 Å². The van der Waals surface area contributed by atoms with Crippen LogP contribution in [0.25, 0.3) is 0 Å². The van der Waals surface area contributed by atoms with Crippen LogP contribution in [0.1, 0.15) is 39.0 Å². The zero-order chi connectivity index (χ0) is 24.2.